The van der Waals surface area contributed by atoms with Crippen LogP contribution in [0.1, 0.15) is 12.1 Å². The monoisotopic (exact) mass is 339 g/mol. The van der Waals surface area contributed by atoms with Crippen LogP contribution in [0, 0.1) is 17.2 Å². The van der Waals surface area contributed by atoms with Gasteiger partial charge in [0.05, 0.1) is 14.2 Å². The lowest BCUT2D eigenvalue weighted by atomic mass is 10.1. The van der Waals surface area contributed by atoms with Gasteiger partial charge in [0, 0.05) is 55.9 Å². The fraction of sp³-hybridized carbons (Fsp3) is 0.389. The second-order valence-electron chi connectivity index (χ2n) is 5.92. The fourth-order valence-electron chi connectivity index (χ4n) is 3.00. The van der Waals surface area contributed by atoms with E-state index in [0.29, 0.717) is 17.4 Å². The number of nitrogens with one attached hydrogen (secondary N) is 1. The summed E-state index contributed by atoms with van der Waals surface area (Å²) in [5, 5.41) is 12.3. The van der Waals surface area contributed by atoms with Crippen molar-refractivity contribution >= 4 is 11.5 Å². The van der Waals surface area contributed by atoms with Crippen LogP contribution in [0.4, 0.5) is 11.5 Å². The number of methoxy groups -OCH3 is 2. The van der Waals surface area contributed by atoms with E-state index in [1.807, 2.05) is 18.2 Å². The van der Waals surface area contributed by atoms with E-state index < -0.39 is 0 Å². The van der Waals surface area contributed by atoms with Crippen molar-refractivity contribution in [1.29, 1.82) is 5.26 Å². The van der Waals surface area contributed by atoms with Gasteiger partial charge in [-0.1, -0.05) is 0 Å². The average molecular weight is 339 g/mol. The fourth-order valence-corrected chi connectivity index (χ4v) is 3.00. The molecule has 1 saturated heterocycles. The van der Waals surface area contributed by atoms with Crippen LogP contribution in [-0.2, 0) is 0 Å². The molecule has 3 rings (SSSR count). The van der Waals surface area contributed by atoms with Crippen LogP contribution >= 0.6 is 0 Å². The molecule has 1 aliphatic heterocycles. The molecule has 0 spiro atoms. The molecule has 1 aromatic heterocycles. The first kappa shape index (κ1) is 16.8. The zero-order valence-electron chi connectivity index (χ0n) is 14.4. The molecule has 0 saturated carbocycles. The number of aromatic nitrogens is 2. The van der Waals surface area contributed by atoms with Gasteiger partial charge < -0.3 is 19.7 Å². The molecular weight excluding hydrogens is 318 g/mol. The maximum Gasteiger partial charge on any atom is 0.182 e. The summed E-state index contributed by atoms with van der Waals surface area (Å²) in [6.45, 7) is 2.64. The number of hydrogen-bond donors (Lipinski definition) is 1. The van der Waals surface area contributed by atoms with Crippen molar-refractivity contribution in [1.82, 2.24) is 9.97 Å². The lowest BCUT2D eigenvalue weighted by molar-refractivity contribution is 0.394. The van der Waals surface area contributed by atoms with E-state index in [4.69, 9.17) is 14.7 Å². The van der Waals surface area contributed by atoms with Crippen LogP contribution in [0.15, 0.2) is 30.6 Å². The molecule has 7 heteroatoms. The third-order valence-electron chi connectivity index (χ3n) is 4.35. The number of nitrogens with zero attached hydrogens (tertiary/aromatic N) is 4. The van der Waals surface area contributed by atoms with Gasteiger partial charge in [-0.25, -0.2) is 9.97 Å². The zero-order chi connectivity index (χ0) is 17.6. The van der Waals surface area contributed by atoms with E-state index >= 15 is 0 Å². The molecule has 25 heavy (non-hydrogen) atoms. The Bertz CT molecular complexity index is 752. The highest BCUT2D eigenvalue weighted by Gasteiger charge is 2.24. The largest absolute Gasteiger partial charge is 0.497 e. The SMILES string of the molecule is COc1cc(OC)cc(N2CCC(CNc3nccnc3C#N)C2)c1. The Morgan fingerprint density at radius 3 is 2.60 bits per heavy atom. The van der Waals surface area contributed by atoms with Crippen molar-refractivity contribution < 1.29 is 9.47 Å². The van der Waals surface area contributed by atoms with Gasteiger partial charge in [0.25, 0.3) is 0 Å². The minimum Gasteiger partial charge on any atom is -0.497 e. The van der Waals surface area contributed by atoms with Crippen LogP contribution in [0.2, 0.25) is 0 Å². The molecule has 1 N–H and O–H groups in total. The third kappa shape index (κ3) is 3.91. The van der Waals surface area contributed by atoms with Crippen LogP contribution in [0.5, 0.6) is 11.5 Å². The first-order chi connectivity index (χ1) is 12.2. The highest BCUT2D eigenvalue weighted by Crippen LogP contribution is 2.31. The van der Waals surface area contributed by atoms with E-state index in [0.717, 1.165) is 43.2 Å². The van der Waals surface area contributed by atoms with Gasteiger partial charge >= 0.3 is 0 Å². The van der Waals surface area contributed by atoms with Crippen molar-refractivity contribution in [2.45, 2.75) is 6.42 Å². The number of ether oxygens (including phenoxy) is 2. The summed E-state index contributed by atoms with van der Waals surface area (Å²) in [6.07, 6.45) is 4.18. The van der Waals surface area contributed by atoms with Gasteiger partial charge in [0.15, 0.2) is 11.5 Å². The van der Waals surface area contributed by atoms with Crippen LogP contribution < -0.4 is 19.7 Å². The molecule has 130 valence electrons. The molecule has 0 bridgehead atoms. The molecule has 0 amide bonds. The first-order valence-electron chi connectivity index (χ1n) is 8.16. The van der Waals surface area contributed by atoms with E-state index in [2.05, 4.69) is 26.3 Å². The summed E-state index contributed by atoms with van der Waals surface area (Å²) in [7, 11) is 3.31. The molecular formula is C18H21N5O2. The Kier molecular flexibility index (Phi) is 5.19. The molecule has 2 heterocycles. The van der Waals surface area contributed by atoms with Crippen LogP contribution in [0.25, 0.3) is 0 Å². The minimum absolute atomic E-state index is 0.329. The van der Waals surface area contributed by atoms with Crippen LogP contribution in [-0.4, -0.2) is 43.8 Å². The summed E-state index contributed by atoms with van der Waals surface area (Å²) < 4.78 is 10.7. The van der Waals surface area contributed by atoms with Crippen molar-refractivity contribution in [2.75, 3.05) is 44.1 Å². The Morgan fingerprint density at radius 2 is 1.92 bits per heavy atom. The summed E-state index contributed by atoms with van der Waals surface area (Å²) in [5.41, 5.74) is 1.42. The quantitative estimate of drug-likeness (QED) is 0.864. The molecule has 1 atom stereocenters. The minimum atomic E-state index is 0.329. The zero-order valence-corrected chi connectivity index (χ0v) is 14.4. The van der Waals surface area contributed by atoms with Gasteiger partial charge in [-0.05, 0) is 12.3 Å². The predicted octanol–water partition coefficient (Wildman–Crippen LogP) is 2.30. The Morgan fingerprint density at radius 1 is 1.20 bits per heavy atom. The number of nitriles is 1. The molecule has 1 aromatic carbocycles. The second kappa shape index (κ2) is 7.71. The van der Waals surface area contributed by atoms with E-state index in [1.165, 1.54) is 6.20 Å². The Balaban J connectivity index is 1.63. The summed E-state index contributed by atoms with van der Waals surface area (Å²) in [6, 6.07) is 7.97. The van der Waals surface area contributed by atoms with Gasteiger partial charge in [-0.2, -0.15) is 5.26 Å². The van der Waals surface area contributed by atoms with E-state index in [9.17, 15) is 0 Å². The third-order valence-corrected chi connectivity index (χ3v) is 4.35. The van der Waals surface area contributed by atoms with E-state index in [1.54, 1.807) is 20.4 Å². The second-order valence-corrected chi connectivity index (χ2v) is 5.92. The standard InChI is InChI=1S/C18H21N5O2/c1-24-15-7-14(8-16(9-15)25-2)23-6-3-13(12-23)11-22-18-17(10-19)20-4-5-21-18/h4-5,7-9,13H,3,6,11-12H2,1-2H3,(H,21,22). The van der Waals surface area contributed by atoms with Gasteiger partial charge in [0.2, 0.25) is 0 Å². The predicted molar refractivity (Wildman–Crippen MR) is 95.1 cm³/mol. The molecule has 2 aromatic rings. The maximum absolute atomic E-state index is 9.08. The lowest BCUT2D eigenvalue weighted by Crippen LogP contribution is -2.23. The maximum atomic E-state index is 9.08. The van der Waals surface area contributed by atoms with Crippen molar-refractivity contribution in [3.63, 3.8) is 0 Å². The number of benzene rings is 1. The Labute approximate surface area is 147 Å². The van der Waals surface area contributed by atoms with Crippen molar-refractivity contribution in [3.8, 4) is 17.6 Å². The lowest BCUT2D eigenvalue weighted by Gasteiger charge is -2.20. The normalized spacial score (nSPS) is 16.4. The molecule has 1 aliphatic rings. The highest BCUT2D eigenvalue weighted by molar-refractivity contribution is 5.56. The summed E-state index contributed by atoms with van der Waals surface area (Å²) in [5.74, 6) is 2.58. The Hall–Kier alpha value is -3.01. The first-order valence-corrected chi connectivity index (χ1v) is 8.16. The number of anilines is 2. The average Bonchev–Trinajstić information content (AvgIpc) is 3.15. The highest BCUT2D eigenvalue weighted by atomic mass is 16.5. The smallest absolute Gasteiger partial charge is 0.182 e. The van der Waals surface area contributed by atoms with E-state index in [-0.39, 0.29) is 0 Å². The van der Waals surface area contributed by atoms with Crippen LogP contribution in [0.3, 0.4) is 0 Å². The number of rotatable bonds is 6. The van der Waals surface area contributed by atoms with Crippen molar-refractivity contribution in [3.05, 3.63) is 36.3 Å². The van der Waals surface area contributed by atoms with Gasteiger partial charge in [0.1, 0.15) is 17.6 Å². The van der Waals surface area contributed by atoms with Crippen molar-refractivity contribution in [2.24, 2.45) is 5.92 Å². The number of hydrogen-bond acceptors (Lipinski definition) is 7. The molecule has 1 unspecified atom stereocenters. The summed E-state index contributed by atoms with van der Waals surface area (Å²) in [4.78, 5) is 10.5. The topological polar surface area (TPSA) is 83.3 Å². The molecule has 7 nitrogen and oxygen atoms in total. The molecule has 0 aliphatic carbocycles. The molecule has 0 radical (unpaired) electrons. The van der Waals surface area contributed by atoms with Gasteiger partial charge in [-0.3, -0.25) is 0 Å². The molecule has 1 fully saturated rings. The summed E-state index contributed by atoms with van der Waals surface area (Å²) >= 11 is 0. The van der Waals surface area contributed by atoms with Gasteiger partial charge in [-0.15, -0.1) is 0 Å².